The highest BCUT2D eigenvalue weighted by molar-refractivity contribution is 5.85. The van der Waals surface area contributed by atoms with Crippen molar-refractivity contribution < 1.29 is 19.0 Å². The maximum absolute atomic E-state index is 10.8. The fourth-order valence-corrected chi connectivity index (χ4v) is 2.74. The fourth-order valence-electron chi connectivity index (χ4n) is 2.74. The highest BCUT2D eigenvalue weighted by Crippen LogP contribution is 2.28. The first-order valence-corrected chi connectivity index (χ1v) is 7.85. The van der Waals surface area contributed by atoms with Crippen LogP contribution < -0.4 is 9.47 Å². The van der Waals surface area contributed by atoms with Crippen LogP contribution in [0.25, 0.3) is 0 Å². The molecule has 2 rings (SSSR count). The van der Waals surface area contributed by atoms with Gasteiger partial charge in [0.15, 0.2) is 11.5 Å². The third kappa shape index (κ3) is 6.01. The summed E-state index contributed by atoms with van der Waals surface area (Å²) in [6, 6.07) is 5.24. The average Bonchev–Trinajstić information content (AvgIpc) is 2.48. The molecule has 0 aliphatic carbocycles. The van der Waals surface area contributed by atoms with E-state index in [9.17, 15) is 4.79 Å². The number of aldehydes is 1. The van der Waals surface area contributed by atoms with Crippen LogP contribution >= 0.6 is 12.4 Å². The van der Waals surface area contributed by atoms with Crippen molar-refractivity contribution in [2.45, 2.75) is 33.0 Å². The van der Waals surface area contributed by atoms with Gasteiger partial charge in [0.05, 0.1) is 18.8 Å². The molecule has 0 aromatic heterocycles. The minimum Gasteiger partial charge on any atom is -0.490 e. The fraction of sp³-hybridized carbons (Fsp3) is 0.588. The van der Waals surface area contributed by atoms with Crippen LogP contribution in [0, 0.1) is 0 Å². The van der Waals surface area contributed by atoms with Crippen molar-refractivity contribution in [3.63, 3.8) is 0 Å². The van der Waals surface area contributed by atoms with Crippen LogP contribution in [0.5, 0.6) is 11.5 Å². The van der Waals surface area contributed by atoms with Gasteiger partial charge in [0, 0.05) is 25.2 Å². The molecular formula is C17H26ClNO4. The highest BCUT2D eigenvalue weighted by Gasteiger charge is 2.21. The summed E-state index contributed by atoms with van der Waals surface area (Å²) in [6.45, 7) is 9.92. The van der Waals surface area contributed by atoms with Gasteiger partial charge < -0.3 is 14.2 Å². The average molecular weight is 344 g/mol. The van der Waals surface area contributed by atoms with E-state index in [4.69, 9.17) is 14.2 Å². The Kier molecular flexibility index (Phi) is 8.37. The topological polar surface area (TPSA) is 48.0 Å². The van der Waals surface area contributed by atoms with Crippen molar-refractivity contribution in [2.24, 2.45) is 0 Å². The third-order valence-corrected chi connectivity index (χ3v) is 3.56. The summed E-state index contributed by atoms with van der Waals surface area (Å²) < 4.78 is 17.1. The molecule has 1 aliphatic rings. The normalized spacial score (nSPS) is 21.3. The third-order valence-electron chi connectivity index (χ3n) is 3.56. The number of morpholine rings is 1. The van der Waals surface area contributed by atoms with Crippen molar-refractivity contribution in [3.8, 4) is 11.5 Å². The maximum atomic E-state index is 10.8. The Hall–Kier alpha value is -1.30. The number of hydrogen-bond acceptors (Lipinski definition) is 5. The van der Waals surface area contributed by atoms with E-state index in [1.807, 2.05) is 6.92 Å². The van der Waals surface area contributed by atoms with Crippen molar-refractivity contribution in [1.29, 1.82) is 0 Å². The first-order valence-electron chi connectivity index (χ1n) is 7.85. The minimum atomic E-state index is 0. The van der Waals surface area contributed by atoms with Gasteiger partial charge in [0.25, 0.3) is 0 Å². The molecular weight excluding hydrogens is 318 g/mol. The first kappa shape index (κ1) is 19.7. The van der Waals surface area contributed by atoms with E-state index in [1.54, 1.807) is 18.2 Å². The molecule has 0 amide bonds. The van der Waals surface area contributed by atoms with E-state index >= 15 is 0 Å². The van der Waals surface area contributed by atoms with Crippen LogP contribution in [0.4, 0.5) is 0 Å². The van der Waals surface area contributed by atoms with Gasteiger partial charge in [-0.1, -0.05) is 0 Å². The van der Waals surface area contributed by atoms with Crippen molar-refractivity contribution in [2.75, 3.05) is 32.8 Å². The van der Waals surface area contributed by atoms with Gasteiger partial charge in [-0.25, -0.2) is 0 Å². The predicted octanol–water partition coefficient (Wildman–Crippen LogP) is 2.81. The lowest BCUT2D eigenvalue weighted by molar-refractivity contribution is -0.0699. The standard InChI is InChI=1S/C17H25NO4.ClH/c1-4-20-17-9-15(12-19)5-6-16(17)21-8-7-18-10-13(2)22-14(3)11-18;/h5-6,9,12-14H,4,7-8,10-11H2,1-3H3;1H. The molecule has 5 nitrogen and oxygen atoms in total. The molecule has 1 aromatic carbocycles. The van der Waals surface area contributed by atoms with Gasteiger partial charge in [0.2, 0.25) is 0 Å². The molecule has 6 heteroatoms. The summed E-state index contributed by atoms with van der Waals surface area (Å²) in [4.78, 5) is 13.2. The smallest absolute Gasteiger partial charge is 0.161 e. The van der Waals surface area contributed by atoms with E-state index < -0.39 is 0 Å². The number of carbonyl (C=O) groups is 1. The second-order valence-electron chi connectivity index (χ2n) is 5.62. The lowest BCUT2D eigenvalue weighted by Gasteiger charge is -2.35. The second-order valence-corrected chi connectivity index (χ2v) is 5.62. The zero-order chi connectivity index (χ0) is 15.9. The maximum Gasteiger partial charge on any atom is 0.161 e. The number of rotatable bonds is 7. The zero-order valence-electron chi connectivity index (χ0n) is 14.0. The zero-order valence-corrected chi connectivity index (χ0v) is 14.8. The second kappa shape index (κ2) is 9.75. The molecule has 1 heterocycles. The van der Waals surface area contributed by atoms with Crippen LogP contribution in [0.15, 0.2) is 18.2 Å². The molecule has 1 saturated heterocycles. The molecule has 0 saturated carbocycles. The summed E-state index contributed by atoms with van der Waals surface area (Å²) in [5.41, 5.74) is 0.589. The number of nitrogens with zero attached hydrogens (tertiary/aromatic N) is 1. The van der Waals surface area contributed by atoms with Gasteiger partial charge in [0.1, 0.15) is 12.9 Å². The number of ether oxygens (including phenoxy) is 3. The number of hydrogen-bond donors (Lipinski definition) is 0. The number of benzene rings is 1. The van der Waals surface area contributed by atoms with Gasteiger partial charge >= 0.3 is 0 Å². The van der Waals surface area contributed by atoms with E-state index in [2.05, 4.69) is 18.7 Å². The van der Waals surface area contributed by atoms with Gasteiger partial charge in [-0.15, -0.1) is 12.4 Å². The molecule has 2 unspecified atom stereocenters. The Morgan fingerprint density at radius 1 is 1.22 bits per heavy atom. The molecule has 2 atom stereocenters. The van der Waals surface area contributed by atoms with Gasteiger partial charge in [-0.3, -0.25) is 9.69 Å². The Balaban J connectivity index is 0.00000264. The Morgan fingerprint density at radius 3 is 2.52 bits per heavy atom. The molecule has 0 spiro atoms. The van der Waals surface area contributed by atoms with Crippen LogP contribution in [0.3, 0.4) is 0 Å². The van der Waals surface area contributed by atoms with Crippen molar-refractivity contribution >= 4 is 18.7 Å². The van der Waals surface area contributed by atoms with E-state index in [0.717, 1.165) is 25.9 Å². The molecule has 1 aliphatic heterocycles. The molecule has 23 heavy (non-hydrogen) atoms. The van der Waals surface area contributed by atoms with E-state index in [0.29, 0.717) is 30.3 Å². The van der Waals surface area contributed by atoms with Gasteiger partial charge in [-0.05, 0) is 39.0 Å². The molecule has 1 fully saturated rings. The summed E-state index contributed by atoms with van der Waals surface area (Å²) in [5.74, 6) is 1.30. The van der Waals surface area contributed by atoms with E-state index in [1.165, 1.54) is 0 Å². The summed E-state index contributed by atoms with van der Waals surface area (Å²) in [5, 5.41) is 0. The summed E-state index contributed by atoms with van der Waals surface area (Å²) in [6.07, 6.45) is 1.33. The molecule has 0 bridgehead atoms. The number of carbonyl (C=O) groups excluding carboxylic acids is 1. The monoisotopic (exact) mass is 343 g/mol. The molecule has 130 valence electrons. The quantitative estimate of drug-likeness (QED) is 0.712. The Labute approximate surface area is 144 Å². The minimum absolute atomic E-state index is 0. The lowest BCUT2D eigenvalue weighted by atomic mass is 10.2. The van der Waals surface area contributed by atoms with Crippen molar-refractivity contribution in [3.05, 3.63) is 23.8 Å². The van der Waals surface area contributed by atoms with Crippen LogP contribution in [0.1, 0.15) is 31.1 Å². The Morgan fingerprint density at radius 2 is 1.91 bits per heavy atom. The van der Waals surface area contributed by atoms with Crippen molar-refractivity contribution in [1.82, 2.24) is 4.90 Å². The van der Waals surface area contributed by atoms with Crippen LogP contribution in [-0.2, 0) is 4.74 Å². The summed E-state index contributed by atoms with van der Waals surface area (Å²) >= 11 is 0. The lowest BCUT2D eigenvalue weighted by Crippen LogP contribution is -2.46. The molecule has 0 N–H and O–H groups in total. The largest absolute Gasteiger partial charge is 0.490 e. The van der Waals surface area contributed by atoms with Gasteiger partial charge in [-0.2, -0.15) is 0 Å². The SMILES string of the molecule is CCOc1cc(C=O)ccc1OCCN1CC(C)OC(C)C1.Cl. The first-order chi connectivity index (χ1) is 10.6. The number of halogens is 1. The summed E-state index contributed by atoms with van der Waals surface area (Å²) in [7, 11) is 0. The molecule has 1 aromatic rings. The highest BCUT2D eigenvalue weighted by atomic mass is 35.5. The Bertz CT molecular complexity index is 487. The predicted molar refractivity (Wildman–Crippen MR) is 92.2 cm³/mol. The molecule has 0 radical (unpaired) electrons. The van der Waals surface area contributed by atoms with Crippen LogP contribution in [-0.4, -0.2) is 56.2 Å². The van der Waals surface area contributed by atoms with Crippen LogP contribution in [0.2, 0.25) is 0 Å². The van der Waals surface area contributed by atoms with E-state index in [-0.39, 0.29) is 24.6 Å².